The minimum absolute atomic E-state index is 0.0261. The summed E-state index contributed by atoms with van der Waals surface area (Å²) in [5, 5.41) is 10.9. The first-order valence-corrected chi connectivity index (χ1v) is 11.4. The number of thioether (sulfide) groups is 1. The molecular weight excluding hydrogens is 408 g/mol. The van der Waals surface area contributed by atoms with E-state index in [1.165, 1.54) is 23.8 Å². The molecule has 0 radical (unpaired) electrons. The van der Waals surface area contributed by atoms with Crippen molar-refractivity contribution in [3.05, 3.63) is 5.89 Å². The summed E-state index contributed by atoms with van der Waals surface area (Å²) in [6, 6.07) is -0.678. The topological polar surface area (TPSA) is 115 Å². The fourth-order valence-corrected chi connectivity index (χ4v) is 4.17. The minimum atomic E-state index is -0.678. The van der Waals surface area contributed by atoms with Crippen molar-refractivity contribution in [1.29, 1.82) is 0 Å². The second kappa shape index (κ2) is 11.9. The van der Waals surface area contributed by atoms with E-state index in [0.717, 1.165) is 32.1 Å². The van der Waals surface area contributed by atoms with E-state index in [2.05, 4.69) is 20.3 Å². The maximum absolute atomic E-state index is 12.9. The lowest BCUT2D eigenvalue weighted by Crippen LogP contribution is -2.45. The zero-order chi connectivity index (χ0) is 22.1. The predicted molar refractivity (Wildman–Crippen MR) is 112 cm³/mol. The summed E-state index contributed by atoms with van der Waals surface area (Å²) >= 11 is 1.25. The Balaban J connectivity index is 1.95. The van der Waals surface area contributed by atoms with Crippen LogP contribution in [0.3, 0.4) is 0 Å². The van der Waals surface area contributed by atoms with Crippen LogP contribution in [0.2, 0.25) is 0 Å². The highest BCUT2D eigenvalue weighted by molar-refractivity contribution is 7.99. The highest BCUT2D eigenvalue weighted by Crippen LogP contribution is 2.24. The Bertz CT molecular complexity index is 718. The molecule has 1 fully saturated rings. The third-order valence-corrected chi connectivity index (χ3v) is 5.87. The Morgan fingerprint density at radius 2 is 1.93 bits per heavy atom. The van der Waals surface area contributed by atoms with Crippen LogP contribution >= 0.6 is 11.8 Å². The van der Waals surface area contributed by atoms with Gasteiger partial charge >= 0.3 is 6.09 Å². The molecule has 168 valence electrons. The second-order valence-electron chi connectivity index (χ2n) is 8.00. The molecule has 1 saturated carbocycles. The van der Waals surface area contributed by atoms with E-state index >= 15 is 0 Å². The Labute approximate surface area is 181 Å². The number of aromatic nitrogens is 2. The lowest BCUT2D eigenvalue weighted by molar-refractivity contribution is -0.126. The summed E-state index contributed by atoms with van der Waals surface area (Å²) in [7, 11) is 2.95. The molecule has 1 N–H and O–H groups in total. The molecule has 1 aliphatic rings. The van der Waals surface area contributed by atoms with Crippen LogP contribution in [-0.4, -0.2) is 65.4 Å². The second-order valence-corrected chi connectivity index (χ2v) is 9.05. The van der Waals surface area contributed by atoms with Crippen LogP contribution < -0.4 is 5.32 Å². The maximum atomic E-state index is 12.9. The van der Waals surface area contributed by atoms with Gasteiger partial charge in [-0.1, -0.05) is 44.9 Å². The highest BCUT2D eigenvalue weighted by atomic mass is 32.2. The third kappa shape index (κ3) is 7.30. The number of nitrogens with one attached hydrogen (secondary N) is 1. The first-order chi connectivity index (χ1) is 14.3. The SMILES string of the molecule is COC(=O)N(C)CCSc1nnc(C(=O)[C@H](CC(C)C)NC(=O)C2CCCCC2)o1. The first-order valence-electron chi connectivity index (χ1n) is 10.4. The van der Waals surface area contributed by atoms with Crippen LogP contribution in [0.5, 0.6) is 0 Å². The predicted octanol–water partition coefficient (Wildman–Crippen LogP) is 3.15. The fraction of sp³-hybridized carbons (Fsp3) is 0.750. The smallest absolute Gasteiger partial charge is 0.409 e. The molecule has 1 heterocycles. The van der Waals surface area contributed by atoms with Gasteiger partial charge in [-0.3, -0.25) is 9.59 Å². The number of ketones is 1. The van der Waals surface area contributed by atoms with Crippen LogP contribution in [0.1, 0.15) is 63.1 Å². The summed E-state index contributed by atoms with van der Waals surface area (Å²) in [5.74, 6) is 0.175. The molecule has 0 bridgehead atoms. The Morgan fingerprint density at radius 1 is 1.23 bits per heavy atom. The van der Waals surface area contributed by atoms with Gasteiger partial charge in [0.05, 0.1) is 13.2 Å². The number of hydrogen-bond acceptors (Lipinski definition) is 8. The molecular formula is C20H32N4O5S. The van der Waals surface area contributed by atoms with Gasteiger partial charge in [-0.05, 0) is 25.2 Å². The van der Waals surface area contributed by atoms with Gasteiger partial charge in [-0.2, -0.15) is 0 Å². The molecule has 0 unspecified atom stereocenters. The van der Waals surface area contributed by atoms with E-state index in [9.17, 15) is 14.4 Å². The molecule has 1 aliphatic carbocycles. The lowest BCUT2D eigenvalue weighted by atomic mass is 9.88. The number of hydrogen-bond donors (Lipinski definition) is 1. The zero-order valence-electron chi connectivity index (χ0n) is 18.2. The average Bonchev–Trinajstić information content (AvgIpc) is 3.21. The van der Waals surface area contributed by atoms with Crippen LogP contribution in [0.25, 0.3) is 0 Å². The van der Waals surface area contributed by atoms with Gasteiger partial charge in [0.15, 0.2) is 0 Å². The van der Waals surface area contributed by atoms with Gasteiger partial charge in [-0.15, -0.1) is 10.2 Å². The largest absolute Gasteiger partial charge is 0.453 e. The van der Waals surface area contributed by atoms with E-state index in [0.29, 0.717) is 18.7 Å². The quantitative estimate of drug-likeness (QED) is 0.436. The summed E-state index contributed by atoms with van der Waals surface area (Å²) < 4.78 is 10.1. The molecule has 0 spiro atoms. The van der Waals surface area contributed by atoms with E-state index in [1.807, 2.05) is 13.8 Å². The Kier molecular flexibility index (Phi) is 9.61. The summed E-state index contributed by atoms with van der Waals surface area (Å²) in [6.07, 6.45) is 5.09. The van der Waals surface area contributed by atoms with Gasteiger partial charge in [0, 0.05) is 25.3 Å². The molecule has 2 rings (SSSR count). The number of nitrogens with zero attached hydrogens (tertiary/aromatic N) is 3. The van der Waals surface area contributed by atoms with Crippen molar-refractivity contribution in [3.63, 3.8) is 0 Å². The number of rotatable bonds is 10. The number of methoxy groups -OCH3 is 1. The standard InChI is InChI=1S/C20H32N4O5S/c1-13(2)12-15(21-17(26)14-8-6-5-7-9-14)16(25)18-22-23-19(29-18)30-11-10-24(3)20(27)28-4/h13-15H,5-12H2,1-4H3,(H,21,26)/t15-/m0/s1. The fourth-order valence-electron chi connectivity index (χ4n) is 3.39. The molecule has 9 nitrogen and oxygen atoms in total. The van der Waals surface area contributed by atoms with Crippen molar-refractivity contribution < 1.29 is 23.5 Å². The Hall–Kier alpha value is -2.10. The molecule has 1 atom stereocenters. The summed E-state index contributed by atoms with van der Waals surface area (Å²) in [4.78, 5) is 38.4. The normalized spacial score (nSPS) is 15.6. The first kappa shape index (κ1) is 24.2. The molecule has 0 aromatic carbocycles. The van der Waals surface area contributed by atoms with E-state index < -0.39 is 12.1 Å². The van der Waals surface area contributed by atoms with Gasteiger partial charge in [0.25, 0.3) is 11.1 Å². The number of carbonyl (C=O) groups excluding carboxylic acids is 3. The number of amides is 2. The van der Waals surface area contributed by atoms with E-state index in [1.54, 1.807) is 7.05 Å². The van der Waals surface area contributed by atoms with Gasteiger partial charge < -0.3 is 19.4 Å². The average molecular weight is 441 g/mol. The van der Waals surface area contributed by atoms with Gasteiger partial charge in [0.2, 0.25) is 11.7 Å². The van der Waals surface area contributed by atoms with Crippen molar-refractivity contribution in [2.75, 3.05) is 26.5 Å². The molecule has 0 saturated heterocycles. The number of ether oxygens (including phenoxy) is 1. The lowest BCUT2D eigenvalue weighted by Gasteiger charge is -2.24. The van der Waals surface area contributed by atoms with Gasteiger partial charge in [0.1, 0.15) is 0 Å². The van der Waals surface area contributed by atoms with Crippen molar-refractivity contribution in [2.45, 2.75) is 63.6 Å². The highest BCUT2D eigenvalue weighted by Gasteiger charge is 2.30. The van der Waals surface area contributed by atoms with Crippen molar-refractivity contribution >= 4 is 29.5 Å². The molecule has 1 aromatic rings. The number of carbonyl (C=O) groups is 3. The molecule has 0 aliphatic heterocycles. The van der Waals surface area contributed by atoms with E-state index in [-0.39, 0.29) is 34.6 Å². The van der Waals surface area contributed by atoms with Gasteiger partial charge in [-0.25, -0.2) is 4.79 Å². The van der Waals surface area contributed by atoms with E-state index in [4.69, 9.17) is 4.42 Å². The van der Waals surface area contributed by atoms with Crippen LogP contribution in [0.4, 0.5) is 4.79 Å². The number of Topliss-reactive ketones (excluding diaryl/α,β-unsaturated/α-hetero) is 1. The van der Waals surface area contributed by atoms with Crippen LogP contribution in [-0.2, 0) is 9.53 Å². The third-order valence-electron chi connectivity index (χ3n) is 5.07. The molecule has 1 aromatic heterocycles. The molecule has 10 heteroatoms. The monoisotopic (exact) mass is 440 g/mol. The van der Waals surface area contributed by atoms with Crippen LogP contribution in [0, 0.1) is 11.8 Å². The van der Waals surface area contributed by atoms with Crippen LogP contribution in [0.15, 0.2) is 9.64 Å². The van der Waals surface area contributed by atoms with Crippen molar-refractivity contribution in [1.82, 2.24) is 20.4 Å². The molecule has 2 amide bonds. The summed E-state index contributed by atoms with van der Waals surface area (Å²) in [6.45, 7) is 4.43. The van der Waals surface area contributed by atoms with Crippen molar-refractivity contribution in [2.24, 2.45) is 11.8 Å². The summed E-state index contributed by atoms with van der Waals surface area (Å²) in [5.41, 5.74) is 0. The molecule has 30 heavy (non-hydrogen) atoms. The van der Waals surface area contributed by atoms with Crippen molar-refractivity contribution in [3.8, 4) is 0 Å². The minimum Gasteiger partial charge on any atom is -0.453 e. The Morgan fingerprint density at radius 3 is 2.57 bits per heavy atom. The zero-order valence-corrected chi connectivity index (χ0v) is 19.0. The maximum Gasteiger partial charge on any atom is 0.409 e.